The van der Waals surface area contributed by atoms with Crippen LogP contribution in [0.1, 0.15) is 16.6 Å². The van der Waals surface area contributed by atoms with Gasteiger partial charge in [0.15, 0.2) is 4.88 Å². The number of thiophene rings is 1. The van der Waals surface area contributed by atoms with Gasteiger partial charge in [0, 0.05) is 0 Å². The Bertz CT molecular complexity index is 267. The van der Waals surface area contributed by atoms with Gasteiger partial charge in [-0.2, -0.15) is 0 Å². The smallest absolute Gasteiger partial charge is 0.352 e. The first kappa shape index (κ1) is 9.06. The van der Waals surface area contributed by atoms with Crippen LogP contribution >= 0.6 is 11.3 Å². The zero-order valence-corrected chi connectivity index (χ0v) is 7.81. The molecule has 0 bridgehead atoms. The van der Waals surface area contributed by atoms with Crippen LogP contribution in [0.5, 0.6) is 5.75 Å². The third-order valence-corrected chi connectivity index (χ3v) is 2.19. The minimum absolute atomic E-state index is 0.315. The molecule has 0 unspecified atom stereocenters. The predicted molar refractivity (Wildman–Crippen MR) is 46.8 cm³/mol. The molecule has 0 aromatic carbocycles. The lowest BCUT2D eigenvalue weighted by Gasteiger charge is -2.01. The van der Waals surface area contributed by atoms with E-state index in [0.717, 1.165) is 0 Å². The van der Waals surface area contributed by atoms with Crippen molar-refractivity contribution in [2.45, 2.75) is 6.92 Å². The van der Waals surface area contributed by atoms with E-state index in [1.165, 1.54) is 18.4 Å². The molecule has 0 amide bonds. The van der Waals surface area contributed by atoms with Crippen molar-refractivity contribution in [3.8, 4) is 5.75 Å². The summed E-state index contributed by atoms with van der Waals surface area (Å²) in [6, 6.07) is 1.75. The summed E-state index contributed by atoms with van der Waals surface area (Å²) >= 11 is 1.32. The highest BCUT2D eigenvalue weighted by Crippen LogP contribution is 2.24. The lowest BCUT2D eigenvalue weighted by Crippen LogP contribution is -2.03. The molecule has 0 radical (unpaired) electrons. The third-order valence-electron chi connectivity index (χ3n) is 1.31. The molecule has 0 spiro atoms. The van der Waals surface area contributed by atoms with Gasteiger partial charge in [-0.05, 0) is 18.4 Å². The van der Waals surface area contributed by atoms with Gasteiger partial charge in [-0.15, -0.1) is 11.3 Å². The first-order chi connectivity index (χ1) is 5.79. The first-order valence-corrected chi connectivity index (χ1v) is 4.46. The largest absolute Gasteiger partial charge is 0.495 e. The fraction of sp³-hybridized carbons (Fsp3) is 0.375. The Balaban J connectivity index is 2.79. The minimum atomic E-state index is -0.315. The van der Waals surface area contributed by atoms with E-state index < -0.39 is 0 Å². The van der Waals surface area contributed by atoms with Gasteiger partial charge in [0.1, 0.15) is 5.75 Å². The van der Waals surface area contributed by atoms with E-state index in [0.29, 0.717) is 17.2 Å². The number of carbonyl (C=O) groups is 1. The van der Waals surface area contributed by atoms with Crippen LogP contribution in [0.15, 0.2) is 11.4 Å². The second kappa shape index (κ2) is 4.11. The van der Waals surface area contributed by atoms with E-state index in [9.17, 15) is 4.79 Å². The number of hydrogen-bond donors (Lipinski definition) is 0. The Morgan fingerprint density at radius 3 is 3.00 bits per heavy atom. The molecule has 0 atom stereocenters. The average Bonchev–Trinajstić information content (AvgIpc) is 2.51. The van der Waals surface area contributed by atoms with Crippen molar-refractivity contribution >= 4 is 17.3 Å². The zero-order valence-electron chi connectivity index (χ0n) is 6.99. The number of carbonyl (C=O) groups excluding carboxylic acids is 1. The van der Waals surface area contributed by atoms with E-state index >= 15 is 0 Å². The molecule has 3 nitrogen and oxygen atoms in total. The number of rotatable bonds is 3. The maximum absolute atomic E-state index is 11.2. The number of methoxy groups -OCH3 is 1. The molecule has 0 saturated carbocycles. The summed E-state index contributed by atoms with van der Waals surface area (Å²) in [5.74, 6) is 0.266. The molecular formula is C8H10O3S. The molecule has 0 aliphatic rings. The first-order valence-electron chi connectivity index (χ1n) is 3.58. The number of ether oxygens (including phenoxy) is 2. The highest BCUT2D eigenvalue weighted by molar-refractivity contribution is 7.12. The van der Waals surface area contributed by atoms with Gasteiger partial charge in [-0.3, -0.25) is 0 Å². The van der Waals surface area contributed by atoms with Crippen molar-refractivity contribution in [3.05, 3.63) is 16.3 Å². The zero-order chi connectivity index (χ0) is 8.97. The van der Waals surface area contributed by atoms with Crippen molar-refractivity contribution in [3.63, 3.8) is 0 Å². The maximum Gasteiger partial charge on any atom is 0.352 e. The van der Waals surface area contributed by atoms with E-state index in [2.05, 4.69) is 0 Å². The Morgan fingerprint density at radius 1 is 1.67 bits per heavy atom. The molecular weight excluding hydrogens is 176 g/mol. The molecule has 1 aromatic rings. The van der Waals surface area contributed by atoms with E-state index in [4.69, 9.17) is 9.47 Å². The molecule has 0 aliphatic carbocycles. The second-order valence-corrected chi connectivity index (χ2v) is 2.95. The molecule has 4 heteroatoms. The van der Waals surface area contributed by atoms with Crippen molar-refractivity contribution < 1.29 is 14.3 Å². The summed E-state index contributed by atoms with van der Waals surface area (Å²) in [4.78, 5) is 11.7. The minimum Gasteiger partial charge on any atom is -0.495 e. The molecule has 0 saturated heterocycles. The quantitative estimate of drug-likeness (QED) is 0.677. The van der Waals surface area contributed by atoms with Crippen LogP contribution in [0.3, 0.4) is 0 Å². The molecule has 66 valence electrons. The van der Waals surface area contributed by atoms with Gasteiger partial charge >= 0.3 is 5.97 Å². The van der Waals surface area contributed by atoms with Crippen molar-refractivity contribution in [1.29, 1.82) is 0 Å². The molecule has 0 N–H and O–H groups in total. The number of hydrogen-bond acceptors (Lipinski definition) is 4. The SMILES string of the molecule is CCOC(=O)c1sccc1OC. The Kier molecular flexibility index (Phi) is 3.10. The highest BCUT2D eigenvalue weighted by atomic mass is 32.1. The molecule has 1 heterocycles. The summed E-state index contributed by atoms with van der Waals surface area (Å²) in [6.07, 6.45) is 0. The fourth-order valence-corrected chi connectivity index (χ4v) is 1.55. The predicted octanol–water partition coefficient (Wildman–Crippen LogP) is 1.93. The number of esters is 1. The average molecular weight is 186 g/mol. The van der Waals surface area contributed by atoms with Gasteiger partial charge in [0.2, 0.25) is 0 Å². The summed E-state index contributed by atoms with van der Waals surface area (Å²) < 4.78 is 9.78. The standard InChI is InChI=1S/C8H10O3S/c1-3-11-8(9)7-6(10-2)4-5-12-7/h4-5H,3H2,1-2H3. The third kappa shape index (κ3) is 1.76. The van der Waals surface area contributed by atoms with E-state index in [-0.39, 0.29) is 5.97 Å². The monoisotopic (exact) mass is 186 g/mol. The Morgan fingerprint density at radius 2 is 2.42 bits per heavy atom. The second-order valence-electron chi connectivity index (χ2n) is 2.04. The fourth-order valence-electron chi connectivity index (χ4n) is 0.804. The summed E-state index contributed by atoms with van der Waals surface area (Å²) in [6.45, 7) is 2.16. The van der Waals surface area contributed by atoms with Crippen LogP contribution in [0, 0.1) is 0 Å². The van der Waals surface area contributed by atoms with E-state index in [1.807, 2.05) is 0 Å². The summed E-state index contributed by atoms with van der Waals surface area (Å²) in [5.41, 5.74) is 0. The van der Waals surface area contributed by atoms with Crippen molar-refractivity contribution in [1.82, 2.24) is 0 Å². The maximum atomic E-state index is 11.2. The van der Waals surface area contributed by atoms with E-state index in [1.54, 1.807) is 18.4 Å². The van der Waals surface area contributed by atoms with Crippen LogP contribution in [0.25, 0.3) is 0 Å². The molecule has 12 heavy (non-hydrogen) atoms. The highest BCUT2D eigenvalue weighted by Gasteiger charge is 2.13. The van der Waals surface area contributed by atoms with Gasteiger partial charge in [-0.1, -0.05) is 0 Å². The van der Waals surface area contributed by atoms with Gasteiger partial charge in [-0.25, -0.2) is 4.79 Å². The van der Waals surface area contributed by atoms with Crippen LogP contribution < -0.4 is 4.74 Å². The summed E-state index contributed by atoms with van der Waals surface area (Å²) in [7, 11) is 1.53. The van der Waals surface area contributed by atoms with Gasteiger partial charge < -0.3 is 9.47 Å². The van der Waals surface area contributed by atoms with Crippen LogP contribution in [0.4, 0.5) is 0 Å². The normalized spacial score (nSPS) is 9.50. The van der Waals surface area contributed by atoms with Crippen molar-refractivity contribution in [2.75, 3.05) is 13.7 Å². The van der Waals surface area contributed by atoms with Crippen LogP contribution in [-0.4, -0.2) is 19.7 Å². The lowest BCUT2D eigenvalue weighted by molar-refractivity contribution is 0.0529. The molecule has 0 fully saturated rings. The Labute approximate surface area is 74.9 Å². The van der Waals surface area contributed by atoms with Gasteiger partial charge in [0.05, 0.1) is 13.7 Å². The molecule has 1 aromatic heterocycles. The topological polar surface area (TPSA) is 35.5 Å². The Hall–Kier alpha value is -1.03. The summed E-state index contributed by atoms with van der Waals surface area (Å²) in [5, 5.41) is 1.80. The molecule has 0 aliphatic heterocycles. The van der Waals surface area contributed by atoms with Crippen molar-refractivity contribution in [2.24, 2.45) is 0 Å². The molecule has 1 rings (SSSR count). The van der Waals surface area contributed by atoms with Gasteiger partial charge in [0.25, 0.3) is 0 Å². The van der Waals surface area contributed by atoms with Crippen LogP contribution in [0.2, 0.25) is 0 Å². The lowest BCUT2D eigenvalue weighted by atomic mass is 10.4. The van der Waals surface area contributed by atoms with Crippen LogP contribution in [-0.2, 0) is 4.74 Å².